The lowest BCUT2D eigenvalue weighted by molar-refractivity contribution is -0.126. The Hall–Kier alpha value is -2.24. The van der Waals surface area contributed by atoms with Crippen molar-refractivity contribution in [3.63, 3.8) is 0 Å². The van der Waals surface area contributed by atoms with Crippen LogP contribution < -0.4 is 20.1 Å². The Bertz CT molecular complexity index is 690. The molecule has 1 amide bonds. The molecule has 0 saturated carbocycles. The van der Waals surface area contributed by atoms with Gasteiger partial charge in [0.25, 0.3) is 0 Å². The van der Waals surface area contributed by atoms with Crippen molar-refractivity contribution in [2.24, 2.45) is 5.92 Å². The summed E-state index contributed by atoms with van der Waals surface area (Å²) in [6.45, 7) is 2.51. The Balaban J connectivity index is 0.00000225. The van der Waals surface area contributed by atoms with Gasteiger partial charge in [-0.05, 0) is 23.3 Å². The first kappa shape index (κ1) is 19.1. The van der Waals surface area contributed by atoms with E-state index in [9.17, 15) is 4.79 Å². The van der Waals surface area contributed by atoms with Crippen molar-refractivity contribution < 1.29 is 14.3 Å². The number of carbonyl (C=O) groups is 1. The van der Waals surface area contributed by atoms with Gasteiger partial charge in [0, 0.05) is 19.6 Å². The van der Waals surface area contributed by atoms with Gasteiger partial charge < -0.3 is 20.1 Å². The maximum absolute atomic E-state index is 11.9. The minimum Gasteiger partial charge on any atom is -0.493 e. The summed E-state index contributed by atoms with van der Waals surface area (Å²) in [6, 6.07) is 15.7. The van der Waals surface area contributed by atoms with E-state index in [1.165, 1.54) is 0 Å². The zero-order chi connectivity index (χ0) is 16.8. The predicted molar refractivity (Wildman–Crippen MR) is 99.2 cm³/mol. The minimum atomic E-state index is 0. The summed E-state index contributed by atoms with van der Waals surface area (Å²) in [4.78, 5) is 11.9. The van der Waals surface area contributed by atoms with E-state index in [1.807, 2.05) is 48.5 Å². The number of halogens is 1. The van der Waals surface area contributed by atoms with E-state index in [2.05, 4.69) is 10.6 Å². The Morgan fingerprint density at radius 2 is 1.88 bits per heavy atom. The number of methoxy groups -OCH3 is 1. The van der Waals surface area contributed by atoms with Crippen LogP contribution in [0.5, 0.6) is 11.5 Å². The summed E-state index contributed by atoms with van der Waals surface area (Å²) in [5.41, 5.74) is 2.09. The van der Waals surface area contributed by atoms with E-state index in [0.717, 1.165) is 24.2 Å². The van der Waals surface area contributed by atoms with Gasteiger partial charge in [-0.2, -0.15) is 0 Å². The van der Waals surface area contributed by atoms with Crippen LogP contribution in [0.25, 0.3) is 0 Å². The molecule has 0 spiro atoms. The van der Waals surface area contributed by atoms with Gasteiger partial charge in [0.1, 0.15) is 6.61 Å². The van der Waals surface area contributed by atoms with Gasteiger partial charge >= 0.3 is 0 Å². The molecule has 2 N–H and O–H groups in total. The van der Waals surface area contributed by atoms with Crippen LogP contribution in [0.15, 0.2) is 48.5 Å². The Kier molecular flexibility index (Phi) is 7.10. The topological polar surface area (TPSA) is 59.6 Å². The highest BCUT2D eigenvalue weighted by molar-refractivity contribution is 5.85. The number of hydrogen-bond donors (Lipinski definition) is 2. The van der Waals surface area contributed by atoms with Crippen molar-refractivity contribution in [2.75, 3.05) is 20.2 Å². The highest BCUT2D eigenvalue weighted by Gasteiger charge is 2.24. The maximum atomic E-state index is 11.9. The molecule has 0 atom stereocenters. The number of rotatable bonds is 7. The van der Waals surface area contributed by atoms with Crippen LogP contribution in [-0.2, 0) is 17.9 Å². The lowest BCUT2D eigenvalue weighted by atomic mass is 10.0. The predicted octanol–water partition coefficient (Wildman–Crippen LogP) is 2.53. The van der Waals surface area contributed by atoms with Crippen molar-refractivity contribution in [1.82, 2.24) is 10.6 Å². The molecule has 134 valence electrons. The Morgan fingerprint density at radius 1 is 1.12 bits per heavy atom. The summed E-state index contributed by atoms with van der Waals surface area (Å²) in [7, 11) is 1.62. The average Bonchev–Trinajstić information content (AvgIpc) is 2.58. The van der Waals surface area contributed by atoms with Gasteiger partial charge in [0.05, 0.1) is 13.0 Å². The second-order valence-electron chi connectivity index (χ2n) is 5.83. The highest BCUT2D eigenvalue weighted by Crippen LogP contribution is 2.28. The van der Waals surface area contributed by atoms with Crippen molar-refractivity contribution in [3.05, 3.63) is 59.7 Å². The molecule has 1 fully saturated rings. The molecule has 0 aromatic heterocycles. The molecule has 6 heteroatoms. The normalized spacial score (nSPS) is 13.3. The third-order valence-electron chi connectivity index (χ3n) is 4.08. The van der Waals surface area contributed by atoms with Crippen molar-refractivity contribution in [1.29, 1.82) is 0 Å². The van der Waals surface area contributed by atoms with Gasteiger partial charge in [-0.25, -0.2) is 0 Å². The first-order chi connectivity index (χ1) is 11.8. The Morgan fingerprint density at radius 3 is 2.52 bits per heavy atom. The highest BCUT2D eigenvalue weighted by atomic mass is 35.5. The van der Waals surface area contributed by atoms with Crippen molar-refractivity contribution >= 4 is 18.3 Å². The largest absolute Gasteiger partial charge is 0.493 e. The summed E-state index contributed by atoms with van der Waals surface area (Å²) < 4.78 is 11.3. The van der Waals surface area contributed by atoms with E-state index in [4.69, 9.17) is 9.47 Å². The molecule has 0 unspecified atom stereocenters. The third-order valence-corrected chi connectivity index (χ3v) is 4.08. The molecule has 0 aliphatic carbocycles. The molecule has 2 aromatic rings. The average molecular weight is 363 g/mol. The number of amides is 1. The van der Waals surface area contributed by atoms with Crippen molar-refractivity contribution in [3.8, 4) is 11.5 Å². The van der Waals surface area contributed by atoms with Gasteiger partial charge in [0.15, 0.2) is 11.5 Å². The molecule has 1 aliphatic heterocycles. The van der Waals surface area contributed by atoms with E-state index < -0.39 is 0 Å². The second kappa shape index (κ2) is 9.30. The molecule has 1 heterocycles. The number of carbonyl (C=O) groups excluding carboxylic acids is 1. The van der Waals surface area contributed by atoms with E-state index in [-0.39, 0.29) is 24.2 Å². The maximum Gasteiger partial charge on any atom is 0.225 e. The molecule has 3 rings (SSSR count). The third kappa shape index (κ3) is 5.11. The molecule has 25 heavy (non-hydrogen) atoms. The van der Waals surface area contributed by atoms with Gasteiger partial charge in [-0.3, -0.25) is 4.79 Å². The van der Waals surface area contributed by atoms with Gasteiger partial charge in [-0.1, -0.05) is 36.4 Å². The van der Waals surface area contributed by atoms with Crippen LogP contribution in [0.3, 0.4) is 0 Å². The fourth-order valence-electron chi connectivity index (χ4n) is 2.48. The SMILES string of the molecule is COc1cc(CNC(=O)C2CNC2)ccc1OCc1ccccc1.Cl. The first-order valence-electron chi connectivity index (χ1n) is 8.08. The summed E-state index contributed by atoms with van der Waals surface area (Å²) in [5, 5.41) is 6.05. The smallest absolute Gasteiger partial charge is 0.225 e. The van der Waals surface area contributed by atoms with Crippen LogP contribution in [0.1, 0.15) is 11.1 Å². The number of hydrogen-bond acceptors (Lipinski definition) is 4. The molecule has 1 aliphatic rings. The number of nitrogens with one attached hydrogen (secondary N) is 2. The molecule has 1 saturated heterocycles. The fourth-order valence-corrected chi connectivity index (χ4v) is 2.48. The van der Waals surface area contributed by atoms with Crippen LogP contribution in [-0.4, -0.2) is 26.1 Å². The Labute approximate surface area is 154 Å². The number of benzene rings is 2. The van der Waals surface area contributed by atoms with E-state index in [1.54, 1.807) is 7.11 Å². The van der Waals surface area contributed by atoms with Crippen LogP contribution in [0.4, 0.5) is 0 Å². The monoisotopic (exact) mass is 362 g/mol. The quantitative estimate of drug-likeness (QED) is 0.794. The zero-order valence-corrected chi connectivity index (χ0v) is 15.0. The van der Waals surface area contributed by atoms with Gasteiger partial charge in [-0.15, -0.1) is 12.4 Å². The van der Waals surface area contributed by atoms with E-state index in [0.29, 0.717) is 24.7 Å². The molecular weight excluding hydrogens is 340 g/mol. The van der Waals surface area contributed by atoms with Crippen LogP contribution >= 0.6 is 12.4 Å². The molecular formula is C19H23ClN2O3. The summed E-state index contributed by atoms with van der Waals surface area (Å²) in [6.07, 6.45) is 0. The minimum absolute atomic E-state index is 0. The zero-order valence-electron chi connectivity index (χ0n) is 14.2. The standard InChI is InChI=1S/C19H22N2O3.ClH/c1-23-18-9-15(10-21-19(22)16-11-20-12-16)7-8-17(18)24-13-14-5-3-2-4-6-14;/h2-9,16,20H,10-13H2,1H3,(H,21,22);1H. The lowest BCUT2D eigenvalue weighted by Gasteiger charge is -2.25. The van der Waals surface area contributed by atoms with Crippen molar-refractivity contribution in [2.45, 2.75) is 13.2 Å². The summed E-state index contributed by atoms with van der Waals surface area (Å²) >= 11 is 0. The molecule has 5 nitrogen and oxygen atoms in total. The number of ether oxygens (including phenoxy) is 2. The summed E-state index contributed by atoms with van der Waals surface area (Å²) in [5.74, 6) is 1.56. The van der Waals surface area contributed by atoms with E-state index >= 15 is 0 Å². The van der Waals surface area contributed by atoms with Crippen LogP contribution in [0, 0.1) is 5.92 Å². The van der Waals surface area contributed by atoms with Crippen LogP contribution in [0.2, 0.25) is 0 Å². The molecule has 2 aromatic carbocycles. The second-order valence-corrected chi connectivity index (χ2v) is 5.83. The molecule has 0 radical (unpaired) electrons. The van der Waals surface area contributed by atoms with Gasteiger partial charge in [0.2, 0.25) is 5.91 Å². The first-order valence-corrected chi connectivity index (χ1v) is 8.08. The molecule has 0 bridgehead atoms. The fraction of sp³-hybridized carbons (Fsp3) is 0.316. The lowest BCUT2D eigenvalue weighted by Crippen LogP contribution is -2.50.